The summed E-state index contributed by atoms with van der Waals surface area (Å²) in [6, 6.07) is 22.1. The lowest BCUT2D eigenvalue weighted by atomic mass is 10.1. The molecule has 2 atom stereocenters. The first-order valence-electron chi connectivity index (χ1n) is 18.3. The molecular weight excluding hydrogens is 816 g/mol. The zero-order valence-electron chi connectivity index (χ0n) is 31.3. The monoisotopic (exact) mass is 856 g/mol. The van der Waals surface area contributed by atoms with Crippen molar-refractivity contribution in [1.82, 2.24) is 5.48 Å². The van der Waals surface area contributed by atoms with Crippen LogP contribution in [-0.2, 0) is 19.1 Å². The van der Waals surface area contributed by atoms with E-state index in [0.29, 0.717) is 77.0 Å². The minimum Gasteiger partial charge on any atom is -0.444 e. The van der Waals surface area contributed by atoms with Crippen LogP contribution in [0, 0.1) is 0 Å². The lowest BCUT2D eigenvalue weighted by Crippen LogP contribution is -2.35. The van der Waals surface area contributed by atoms with E-state index in [2.05, 4.69) is 20.9 Å². The third-order valence-electron chi connectivity index (χ3n) is 9.15. The molecule has 5 heterocycles. The van der Waals surface area contributed by atoms with Gasteiger partial charge in [0.1, 0.15) is 24.7 Å². The number of amidine groups is 1. The van der Waals surface area contributed by atoms with Gasteiger partial charge in [-0.25, -0.2) is 15.1 Å². The fourth-order valence-electron chi connectivity index (χ4n) is 6.24. The molecule has 2 aromatic heterocycles. The van der Waals surface area contributed by atoms with E-state index in [9.17, 15) is 19.2 Å². The van der Waals surface area contributed by atoms with E-state index >= 15 is 0 Å². The van der Waals surface area contributed by atoms with Gasteiger partial charge in [0.05, 0.1) is 44.7 Å². The van der Waals surface area contributed by atoms with Crippen molar-refractivity contribution in [1.29, 1.82) is 0 Å². The largest absolute Gasteiger partial charge is 0.444 e. The Balaban J connectivity index is 0.000000193. The van der Waals surface area contributed by atoms with Crippen LogP contribution >= 0.6 is 45.9 Å². The molecule has 7 rings (SSSR count). The maximum absolute atomic E-state index is 12.3. The number of benzene rings is 2. The molecule has 3 aliphatic rings. The van der Waals surface area contributed by atoms with Crippen LogP contribution in [0.5, 0.6) is 0 Å². The van der Waals surface area contributed by atoms with Crippen molar-refractivity contribution in [3.05, 3.63) is 91.2 Å². The second kappa shape index (κ2) is 20.1. The molecule has 2 amide bonds. The summed E-state index contributed by atoms with van der Waals surface area (Å²) in [6.45, 7) is 5.21. The third-order valence-corrected chi connectivity index (χ3v) is 11.7. The van der Waals surface area contributed by atoms with Gasteiger partial charge < -0.3 is 29.4 Å². The standard InChI is InChI=1S/C20H20ClN3O4S.C19H22ClN3O4S/c1-13-22-27-11-10-23(13)14-2-4-15(5-3-14)24-12-16(28-20(24)26)6-7-17(25)18-8-9-19(21)29-18;1-21-26-11-10-22-13-2-4-14(5-3-13)23-12-15(27-19(23)25)6-7-16(24)17-8-9-18(20)28-17/h2-5,8-9,16H,6-7,10-12H2,1H3;2-5,8-9,15,21-22H,6-7,10-12H2,1H3/t16-;15-/m00/s1. The molecule has 302 valence electrons. The number of rotatable bonds is 16. The van der Waals surface area contributed by atoms with E-state index in [-0.39, 0.29) is 29.9 Å². The SMILES string of the molecule is CC1=NOCCN1c1ccc(N2C[C@H](CCC(=O)c3ccc(Cl)s3)OC2=O)cc1.CNOCCNc1ccc(N2C[C@H](CCC(=O)c3ccc(Cl)s3)OC2=O)cc1. The van der Waals surface area contributed by atoms with Crippen molar-refractivity contribution in [2.24, 2.45) is 5.16 Å². The van der Waals surface area contributed by atoms with Crippen LogP contribution < -0.4 is 25.5 Å². The molecule has 2 aromatic carbocycles. The molecule has 18 heteroatoms. The summed E-state index contributed by atoms with van der Waals surface area (Å²) in [5.41, 5.74) is 6.07. The minimum atomic E-state index is -0.390. The summed E-state index contributed by atoms with van der Waals surface area (Å²) >= 11 is 14.3. The van der Waals surface area contributed by atoms with E-state index in [1.165, 1.54) is 22.7 Å². The number of nitrogens with one attached hydrogen (secondary N) is 2. The number of ketones is 2. The van der Waals surface area contributed by atoms with Crippen LogP contribution in [-0.4, -0.2) is 88.2 Å². The van der Waals surface area contributed by atoms with Crippen LogP contribution in [0.1, 0.15) is 52.0 Å². The number of ether oxygens (including phenoxy) is 2. The molecule has 0 radical (unpaired) electrons. The lowest BCUT2D eigenvalue weighted by molar-refractivity contribution is 0.0659. The molecule has 14 nitrogen and oxygen atoms in total. The van der Waals surface area contributed by atoms with Gasteiger partial charge in [-0.3, -0.25) is 19.4 Å². The van der Waals surface area contributed by atoms with Gasteiger partial charge >= 0.3 is 12.2 Å². The summed E-state index contributed by atoms with van der Waals surface area (Å²) in [5.74, 6) is 0.828. The molecule has 0 spiro atoms. The molecule has 0 saturated carbocycles. The van der Waals surface area contributed by atoms with Gasteiger partial charge in [-0.1, -0.05) is 28.4 Å². The zero-order valence-corrected chi connectivity index (χ0v) is 34.4. The van der Waals surface area contributed by atoms with E-state index in [1.54, 1.807) is 41.1 Å². The fourth-order valence-corrected chi connectivity index (χ4v) is 8.26. The number of amides is 2. The highest BCUT2D eigenvalue weighted by Crippen LogP contribution is 2.30. The lowest BCUT2D eigenvalue weighted by Gasteiger charge is -2.27. The maximum atomic E-state index is 12.3. The number of Topliss-reactive ketones (excluding diaryl/α,β-unsaturated/α-hetero) is 2. The molecule has 57 heavy (non-hydrogen) atoms. The van der Waals surface area contributed by atoms with Gasteiger partial charge in [0.2, 0.25) is 0 Å². The second-order valence-corrected chi connectivity index (χ2v) is 16.5. The fraction of sp³-hybridized carbons (Fsp3) is 0.359. The smallest absolute Gasteiger partial charge is 0.414 e. The molecule has 0 unspecified atom stereocenters. The number of hydrogen-bond acceptors (Lipinski definition) is 14. The predicted octanol–water partition coefficient (Wildman–Crippen LogP) is 8.51. The number of hydrogen-bond donors (Lipinski definition) is 2. The number of nitrogens with zero attached hydrogens (tertiary/aromatic N) is 4. The summed E-state index contributed by atoms with van der Waals surface area (Å²) in [4.78, 5) is 65.6. The van der Waals surface area contributed by atoms with Crippen molar-refractivity contribution in [2.45, 2.75) is 44.8 Å². The Morgan fingerprint density at radius 1 is 0.772 bits per heavy atom. The van der Waals surface area contributed by atoms with Crippen LogP contribution in [0.4, 0.5) is 32.3 Å². The van der Waals surface area contributed by atoms with Crippen molar-refractivity contribution < 1.29 is 38.3 Å². The average molecular weight is 858 g/mol. The molecule has 0 bridgehead atoms. The quantitative estimate of drug-likeness (QED) is 0.0634. The summed E-state index contributed by atoms with van der Waals surface area (Å²) in [7, 11) is 1.71. The van der Waals surface area contributed by atoms with Crippen molar-refractivity contribution in [2.75, 3.05) is 66.5 Å². The maximum Gasteiger partial charge on any atom is 0.414 e. The predicted molar refractivity (Wildman–Crippen MR) is 224 cm³/mol. The minimum absolute atomic E-state index is 0.0169. The Bertz CT molecular complexity index is 2040. The first-order chi connectivity index (χ1) is 27.6. The summed E-state index contributed by atoms with van der Waals surface area (Å²) in [5, 5.41) is 7.21. The number of carbonyl (C=O) groups excluding carboxylic acids is 4. The highest BCUT2D eigenvalue weighted by Gasteiger charge is 2.34. The van der Waals surface area contributed by atoms with Crippen LogP contribution in [0.2, 0.25) is 8.67 Å². The molecule has 2 N–H and O–H groups in total. The number of oxime groups is 1. The Kier molecular flexibility index (Phi) is 14.8. The Morgan fingerprint density at radius 3 is 1.72 bits per heavy atom. The van der Waals surface area contributed by atoms with Gasteiger partial charge in [-0.05, 0) is 92.6 Å². The van der Waals surface area contributed by atoms with E-state index in [0.717, 1.165) is 35.1 Å². The average Bonchev–Trinajstić information content (AvgIpc) is 4.03. The van der Waals surface area contributed by atoms with E-state index in [1.807, 2.05) is 55.5 Å². The van der Waals surface area contributed by atoms with Gasteiger partial charge in [0, 0.05) is 49.2 Å². The van der Waals surface area contributed by atoms with Crippen molar-refractivity contribution in [3.8, 4) is 0 Å². The number of carbonyl (C=O) groups is 4. The molecule has 3 aliphatic heterocycles. The topological polar surface area (TPSA) is 151 Å². The molecule has 0 aliphatic carbocycles. The molecule has 4 aromatic rings. The van der Waals surface area contributed by atoms with Gasteiger partial charge in [0.15, 0.2) is 11.6 Å². The highest BCUT2D eigenvalue weighted by molar-refractivity contribution is 7.18. The Hall–Kier alpha value is -4.71. The van der Waals surface area contributed by atoms with Crippen molar-refractivity contribution >= 4 is 98.2 Å². The second-order valence-electron chi connectivity index (χ2n) is 13.0. The van der Waals surface area contributed by atoms with Gasteiger partial charge in [-0.15, -0.1) is 22.7 Å². The van der Waals surface area contributed by atoms with Crippen LogP contribution in [0.25, 0.3) is 0 Å². The number of thiophene rings is 2. The summed E-state index contributed by atoms with van der Waals surface area (Å²) < 4.78 is 12.0. The van der Waals surface area contributed by atoms with E-state index in [4.69, 9.17) is 42.4 Å². The first-order valence-corrected chi connectivity index (χ1v) is 20.7. The van der Waals surface area contributed by atoms with Crippen LogP contribution in [0.15, 0.2) is 78.0 Å². The Morgan fingerprint density at radius 2 is 1.26 bits per heavy atom. The number of cyclic esters (lactones) is 2. The third kappa shape index (κ3) is 11.5. The highest BCUT2D eigenvalue weighted by atomic mass is 35.5. The molecule has 2 fully saturated rings. The number of anilines is 4. The van der Waals surface area contributed by atoms with E-state index < -0.39 is 6.09 Å². The normalized spacial score (nSPS) is 17.7. The van der Waals surface area contributed by atoms with Gasteiger partial charge in [-0.2, -0.15) is 0 Å². The number of hydroxylamine groups is 1. The Labute approximate surface area is 348 Å². The first kappa shape index (κ1) is 41.9. The molecule has 2 saturated heterocycles. The summed E-state index contributed by atoms with van der Waals surface area (Å²) in [6.07, 6.45) is 0.216. The molecular formula is C39H42Cl2N6O8S2. The zero-order chi connectivity index (χ0) is 40.3. The number of halogens is 2. The van der Waals surface area contributed by atoms with Crippen molar-refractivity contribution in [3.63, 3.8) is 0 Å². The van der Waals surface area contributed by atoms with Gasteiger partial charge in [0.25, 0.3) is 0 Å². The van der Waals surface area contributed by atoms with Crippen LogP contribution in [0.3, 0.4) is 0 Å².